The molecule has 0 saturated heterocycles. The summed E-state index contributed by atoms with van der Waals surface area (Å²) in [5.41, 5.74) is 2.83. The van der Waals surface area contributed by atoms with Crippen LogP contribution in [0.5, 0.6) is 5.75 Å². The molecule has 21 heavy (non-hydrogen) atoms. The Morgan fingerprint density at radius 1 is 1.24 bits per heavy atom. The van der Waals surface area contributed by atoms with Crippen molar-refractivity contribution in [2.45, 2.75) is 18.9 Å². The first kappa shape index (κ1) is 15.2. The molecule has 5 heteroatoms. The number of benzene rings is 2. The molecule has 0 radical (unpaired) electrons. The van der Waals surface area contributed by atoms with E-state index in [0.717, 1.165) is 22.2 Å². The molecule has 2 nitrogen and oxygen atoms in total. The van der Waals surface area contributed by atoms with Gasteiger partial charge < -0.3 is 9.84 Å². The number of aliphatic hydroxyl groups is 1. The fourth-order valence-electron chi connectivity index (χ4n) is 2.59. The molecule has 0 spiro atoms. The lowest BCUT2D eigenvalue weighted by Crippen LogP contribution is -2.04. The van der Waals surface area contributed by atoms with Gasteiger partial charge in [-0.1, -0.05) is 45.2 Å². The first-order valence-electron chi connectivity index (χ1n) is 6.61. The molecule has 0 bridgehead atoms. The van der Waals surface area contributed by atoms with Crippen LogP contribution in [0.25, 0.3) is 0 Å². The van der Waals surface area contributed by atoms with Crippen LogP contribution >= 0.6 is 39.1 Å². The van der Waals surface area contributed by atoms with Gasteiger partial charge in [-0.2, -0.15) is 0 Å². The van der Waals surface area contributed by atoms with Crippen molar-refractivity contribution in [2.75, 3.05) is 6.61 Å². The number of hydrogen-bond acceptors (Lipinski definition) is 2. The quantitative estimate of drug-likeness (QED) is 0.805. The Morgan fingerprint density at radius 2 is 2.05 bits per heavy atom. The average Bonchev–Trinajstić information content (AvgIpc) is 2.86. The molecule has 2 aromatic rings. The van der Waals surface area contributed by atoms with Crippen molar-refractivity contribution in [3.05, 3.63) is 61.5 Å². The lowest BCUT2D eigenvalue weighted by Gasteiger charge is -2.15. The SMILES string of the molecule is OC(Cc1cc(Br)cc2c1OCC2)c1ccc(Cl)cc1Cl. The lowest BCUT2D eigenvalue weighted by molar-refractivity contribution is 0.177. The van der Waals surface area contributed by atoms with E-state index < -0.39 is 6.10 Å². The van der Waals surface area contributed by atoms with Gasteiger partial charge in [0.05, 0.1) is 12.7 Å². The maximum absolute atomic E-state index is 10.5. The van der Waals surface area contributed by atoms with Crippen LogP contribution in [0.1, 0.15) is 22.8 Å². The molecule has 110 valence electrons. The predicted octanol–water partition coefficient (Wildman–Crippen LogP) is 4.97. The van der Waals surface area contributed by atoms with Crippen LogP contribution in [0, 0.1) is 0 Å². The minimum atomic E-state index is -0.697. The van der Waals surface area contributed by atoms with Gasteiger partial charge in [0.2, 0.25) is 0 Å². The predicted molar refractivity (Wildman–Crippen MR) is 88.5 cm³/mol. The van der Waals surface area contributed by atoms with Crippen LogP contribution in [-0.4, -0.2) is 11.7 Å². The van der Waals surface area contributed by atoms with Crippen molar-refractivity contribution in [2.24, 2.45) is 0 Å². The van der Waals surface area contributed by atoms with Gasteiger partial charge in [0.1, 0.15) is 5.75 Å². The van der Waals surface area contributed by atoms with Crippen LogP contribution < -0.4 is 4.74 Å². The third kappa shape index (κ3) is 3.21. The molecule has 0 saturated carbocycles. The first-order chi connectivity index (χ1) is 10.0. The molecule has 1 aliphatic heterocycles. The minimum Gasteiger partial charge on any atom is -0.493 e. The summed E-state index contributed by atoms with van der Waals surface area (Å²) in [6.07, 6.45) is 0.653. The Hall–Kier alpha value is -0.740. The Balaban J connectivity index is 1.90. The fourth-order valence-corrected chi connectivity index (χ4v) is 3.67. The van der Waals surface area contributed by atoms with Gasteiger partial charge in [-0.3, -0.25) is 0 Å². The maximum Gasteiger partial charge on any atom is 0.125 e. The normalized spacial score (nSPS) is 14.7. The highest BCUT2D eigenvalue weighted by Crippen LogP contribution is 2.36. The van der Waals surface area contributed by atoms with Gasteiger partial charge in [0, 0.05) is 27.4 Å². The summed E-state index contributed by atoms with van der Waals surface area (Å²) >= 11 is 15.5. The minimum absolute atomic E-state index is 0.448. The maximum atomic E-state index is 10.5. The van der Waals surface area contributed by atoms with Crippen LogP contribution in [0.15, 0.2) is 34.8 Å². The van der Waals surface area contributed by atoms with Crippen LogP contribution in [0.4, 0.5) is 0 Å². The Labute approximate surface area is 141 Å². The summed E-state index contributed by atoms with van der Waals surface area (Å²) < 4.78 is 6.68. The zero-order chi connectivity index (χ0) is 15.0. The van der Waals surface area contributed by atoms with E-state index in [2.05, 4.69) is 22.0 Å². The van der Waals surface area contributed by atoms with Gasteiger partial charge in [-0.15, -0.1) is 0 Å². The van der Waals surface area contributed by atoms with Crippen molar-refractivity contribution in [1.82, 2.24) is 0 Å². The van der Waals surface area contributed by atoms with E-state index in [1.54, 1.807) is 18.2 Å². The van der Waals surface area contributed by atoms with E-state index in [1.807, 2.05) is 6.07 Å². The number of aliphatic hydroxyl groups excluding tert-OH is 1. The zero-order valence-electron chi connectivity index (χ0n) is 11.1. The van der Waals surface area contributed by atoms with Crippen molar-refractivity contribution in [3.8, 4) is 5.75 Å². The summed E-state index contributed by atoms with van der Waals surface area (Å²) in [6, 6.07) is 9.18. The highest BCUT2D eigenvalue weighted by atomic mass is 79.9. The second kappa shape index (κ2) is 6.17. The molecule has 3 rings (SSSR count). The fraction of sp³-hybridized carbons (Fsp3) is 0.250. The molecule has 1 N–H and O–H groups in total. The number of ether oxygens (including phenoxy) is 1. The van der Waals surface area contributed by atoms with E-state index in [0.29, 0.717) is 28.6 Å². The summed E-state index contributed by atoms with van der Waals surface area (Å²) in [5, 5.41) is 11.5. The molecule has 0 fully saturated rings. The van der Waals surface area contributed by atoms with Gasteiger partial charge in [0.15, 0.2) is 0 Å². The summed E-state index contributed by atoms with van der Waals surface area (Å²) in [6.45, 7) is 0.691. The molecule has 1 unspecified atom stereocenters. The number of fused-ring (bicyclic) bond motifs is 1. The molecule has 0 aromatic heterocycles. The van der Waals surface area contributed by atoms with Crippen LogP contribution in [0.3, 0.4) is 0 Å². The molecule has 1 atom stereocenters. The van der Waals surface area contributed by atoms with E-state index in [4.69, 9.17) is 27.9 Å². The van der Waals surface area contributed by atoms with E-state index >= 15 is 0 Å². The summed E-state index contributed by atoms with van der Waals surface area (Å²) in [4.78, 5) is 0. The molecular formula is C16H13BrCl2O2. The third-order valence-corrected chi connectivity index (χ3v) is 4.58. The Morgan fingerprint density at radius 3 is 2.81 bits per heavy atom. The standard InChI is InChI=1S/C16H13BrCl2O2/c17-11-5-9-3-4-21-16(9)10(6-11)7-15(20)13-2-1-12(18)8-14(13)19/h1-2,5-6,8,15,20H,3-4,7H2. The lowest BCUT2D eigenvalue weighted by atomic mass is 9.99. The summed E-state index contributed by atoms with van der Waals surface area (Å²) in [5.74, 6) is 0.891. The van der Waals surface area contributed by atoms with Gasteiger partial charge in [-0.05, 0) is 41.0 Å². The van der Waals surface area contributed by atoms with Crippen molar-refractivity contribution < 1.29 is 9.84 Å². The van der Waals surface area contributed by atoms with Gasteiger partial charge in [-0.25, -0.2) is 0 Å². The van der Waals surface area contributed by atoms with Gasteiger partial charge >= 0.3 is 0 Å². The number of rotatable bonds is 3. The molecule has 1 aliphatic rings. The third-order valence-electron chi connectivity index (χ3n) is 3.56. The molecule has 2 aromatic carbocycles. The second-order valence-electron chi connectivity index (χ2n) is 5.04. The topological polar surface area (TPSA) is 29.5 Å². The largest absolute Gasteiger partial charge is 0.493 e. The molecule has 0 aliphatic carbocycles. The Kier molecular flexibility index (Phi) is 4.46. The first-order valence-corrected chi connectivity index (χ1v) is 8.16. The average molecular weight is 388 g/mol. The van der Waals surface area contributed by atoms with E-state index in [9.17, 15) is 5.11 Å². The number of halogens is 3. The van der Waals surface area contributed by atoms with Crippen molar-refractivity contribution in [1.29, 1.82) is 0 Å². The van der Waals surface area contributed by atoms with E-state index in [-0.39, 0.29) is 0 Å². The van der Waals surface area contributed by atoms with Crippen molar-refractivity contribution in [3.63, 3.8) is 0 Å². The zero-order valence-corrected chi connectivity index (χ0v) is 14.2. The van der Waals surface area contributed by atoms with Crippen LogP contribution in [-0.2, 0) is 12.8 Å². The highest BCUT2D eigenvalue weighted by molar-refractivity contribution is 9.10. The highest BCUT2D eigenvalue weighted by Gasteiger charge is 2.21. The molecular weight excluding hydrogens is 375 g/mol. The smallest absolute Gasteiger partial charge is 0.125 e. The summed E-state index contributed by atoms with van der Waals surface area (Å²) in [7, 11) is 0. The number of hydrogen-bond donors (Lipinski definition) is 1. The van der Waals surface area contributed by atoms with Crippen molar-refractivity contribution >= 4 is 39.1 Å². The van der Waals surface area contributed by atoms with Crippen LogP contribution in [0.2, 0.25) is 10.0 Å². The molecule has 0 amide bonds. The van der Waals surface area contributed by atoms with Gasteiger partial charge in [0.25, 0.3) is 0 Å². The Bertz CT molecular complexity index is 688. The monoisotopic (exact) mass is 386 g/mol. The molecule has 1 heterocycles. The second-order valence-corrected chi connectivity index (χ2v) is 6.80. The van der Waals surface area contributed by atoms with E-state index in [1.165, 1.54) is 5.56 Å².